The highest BCUT2D eigenvalue weighted by atomic mass is 16.5. The number of likely N-dealkylation sites (N-methyl/N-ethyl adjacent to an activating group) is 1. The number of aromatic amines is 1. The molecular weight excluding hydrogens is 452 g/mol. The lowest BCUT2D eigenvalue weighted by molar-refractivity contribution is -0.248. The van der Waals surface area contributed by atoms with Crippen molar-refractivity contribution in [3.05, 3.63) is 41.5 Å². The van der Waals surface area contributed by atoms with Crippen LogP contribution in [0.1, 0.15) is 51.0 Å². The summed E-state index contributed by atoms with van der Waals surface area (Å²) in [7, 11) is 4.01. The summed E-state index contributed by atoms with van der Waals surface area (Å²) in [5.74, 6) is 1.25. The van der Waals surface area contributed by atoms with Crippen LogP contribution in [0.15, 0.2) is 35.9 Å². The molecule has 2 saturated heterocycles. The molecule has 2 bridgehead atoms. The van der Waals surface area contributed by atoms with Crippen molar-refractivity contribution in [1.29, 1.82) is 0 Å². The van der Waals surface area contributed by atoms with E-state index in [9.17, 15) is 10.2 Å². The Morgan fingerprint density at radius 1 is 1.17 bits per heavy atom. The number of allylic oxidation sites excluding steroid dienone is 3. The maximum atomic E-state index is 11.5. The summed E-state index contributed by atoms with van der Waals surface area (Å²) < 4.78 is 7.43. The SMILES string of the molecule is CN(C)C1CC23CCC4(O2)C(=CCC2(C)C(c5ccc6c(N)n[nH]c6c5)=CCC24)C2CC23C(O)C1O. The second-order valence-electron chi connectivity index (χ2n) is 13.0. The second kappa shape index (κ2) is 6.44. The van der Waals surface area contributed by atoms with Crippen LogP contribution in [-0.4, -0.2) is 68.9 Å². The van der Waals surface area contributed by atoms with Crippen molar-refractivity contribution in [1.82, 2.24) is 15.1 Å². The van der Waals surface area contributed by atoms with Crippen LogP contribution < -0.4 is 5.73 Å². The predicted molar refractivity (Wildman–Crippen MR) is 138 cm³/mol. The molecule has 2 aliphatic heterocycles. The molecule has 9 unspecified atom stereocenters. The van der Waals surface area contributed by atoms with E-state index < -0.39 is 12.2 Å². The van der Waals surface area contributed by atoms with E-state index in [4.69, 9.17) is 10.5 Å². The number of nitrogen functional groups attached to an aromatic ring is 1. The lowest BCUT2D eigenvalue weighted by atomic mass is 9.57. The van der Waals surface area contributed by atoms with E-state index in [1.165, 1.54) is 16.7 Å². The molecule has 3 heterocycles. The van der Waals surface area contributed by atoms with Gasteiger partial charge in [0.25, 0.3) is 0 Å². The molecular formula is C29H36N4O3. The molecule has 4 aliphatic carbocycles. The fourth-order valence-corrected chi connectivity index (χ4v) is 9.84. The Hall–Kier alpha value is -2.19. The number of aliphatic hydroxyl groups is 2. The van der Waals surface area contributed by atoms with Gasteiger partial charge in [-0.05, 0) is 87.4 Å². The van der Waals surface area contributed by atoms with Gasteiger partial charge in [-0.3, -0.25) is 5.10 Å². The van der Waals surface area contributed by atoms with Gasteiger partial charge in [-0.2, -0.15) is 5.10 Å². The van der Waals surface area contributed by atoms with Crippen molar-refractivity contribution in [2.75, 3.05) is 19.8 Å². The summed E-state index contributed by atoms with van der Waals surface area (Å²) in [6, 6.07) is 6.38. The molecule has 2 aromatic rings. The number of nitrogens with two attached hydrogens (primary N) is 1. The first-order valence-electron chi connectivity index (χ1n) is 13.5. The van der Waals surface area contributed by atoms with Gasteiger partial charge >= 0.3 is 0 Å². The highest BCUT2D eigenvalue weighted by Gasteiger charge is 2.84. The molecule has 7 heteroatoms. The number of anilines is 1. The Labute approximate surface area is 211 Å². The Morgan fingerprint density at radius 2 is 2.00 bits per heavy atom. The third kappa shape index (κ3) is 2.21. The molecule has 7 nitrogen and oxygen atoms in total. The standard InChI is InChI=1S/C29H36N4O3/c1-26-9-8-18-19-13-28(19)24(35)23(34)21(33(2)3)14-27(28)10-11-29(18,36-27)22(26)7-6-17(26)15-4-5-16-20(12-15)31-32-25(16)30/h4-6,8,12,19,21-24,34-35H,7,9-11,13-14H2,1-3H3,(H3,30,31,32). The number of rotatable bonds is 2. The largest absolute Gasteiger partial charge is 0.390 e. The van der Waals surface area contributed by atoms with Gasteiger partial charge in [-0.25, -0.2) is 0 Å². The normalized spacial score (nSPS) is 48.2. The summed E-state index contributed by atoms with van der Waals surface area (Å²) in [6.45, 7) is 2.43. The molecule has 1 aromatic carbocycles. The molecule has 1 aromatic heterocycles. The maximum absolute atomic E-state index is 11.5. The fraction of sp³-hybridized carbons (Fsp3) is 0.621. The highest BCUT2D eigenvalue weighted by molar-refractivity contribution is 5.91. The molecule has 6 aliphatic rings. The number of aromatic nitrogens is 2. The summed E-state index contributed by atoms with van der Waals surface area (Å²) in [5.41, 5.74) is 10.1. The van der Waals surface area contributed by atoms with Crippen molar-refractivity contribution in [2.45, 2.75) is 74.9 Å². The van der Waals surface area contributed by atoms with Crippen LogP contribution in [-0.2, 0) is 4.74 Å². The summed E-state index contributed by atoms with van der Waals surface area (Å²) in [6.07, 6.45) is 9.15. The molecule has 8 rings (SSSR count). The van der Waals surface area contributed by atoms with Crippen LogP contribution >= 0.6 is 0 Å². The van der Waals surface area contributed by atoms with Crippen LogP contribution in [0.25, 0.3) is 16.5 Å². The lowest BCUT2D eigenvalue weighted by Crippen LogP contribution is -2.67. The number of hydrogen-bond donors (Lipinski definition) is 4. The summed E-state index contributed by atoms with van der Waals surface area (Å²) in [5, 5.41) is 30.8. The lowest BCUT2D eigenvalue weighted by Gasteiger charge is -2.59. The average Bonchev–Trinajstić information content (AvgIpc) is 3.15. The first-order chi connectivity index (χ1) is 17.2. The van der Waals surface area contributed by atoms with E-state index in [1.54, 1.807) is 0 Å². The van der Waals surface area contributed by atoms with Gasteiger partial charge in [0.2, 0.25) is 0 Å². The second-order valence-corrected chi connectivity index (χ2v) is 13.0. The van der Waals surface area contributed by atoms with Crippen molar-refractivity contribution in [3.8, 4) is 0 Å². The summed E-state index contributed by atoms with van der Waals surface area (Å²) >= 11 is 0. The fourth-order valence-electron chi connectivity index (χ4n) is 9.84. The van der Waals surface area contributed by atoms with E-state index in [0.29, 0.717) is 17.7 Å². The quantitative estimate of drug-likeness (QED) is 0.484. The number of ether oxygens (including phenoxy) is 1. The predicted octanol–water partition coefficient (Wildman–Crippen LogP) is 3.25. The van der Waals surface area contributed by atoms with Gasteiger partial charge in [-0.1, -0.05) is 25.1 Å². The molecule has 9 atom stereocenters. The molecule has 0 amide bonds. The zero-order valence-electron chi connectivity index (χ0n) is 21.3. The Balaban J connectivity index is 1.21. The monoisotopic (exact) mass is 488 g/mol. The van der Waals surface area contributed by atoms with Crippen molar-refractivity contribution < 1.29 is 14.9 Å². The van der Waals surface area contributed by atoms with E-state index in [0.717, 1.165) is 49.4 Å². The van der Waals surface area contributed by atoms with Gasteiger partial charge in [-0.15, -0.1) is 0 Å². The third-order valence-corrected chi connectivity index (χ3v) is 11.6. The van der Waals surface area contributed by atoms with Crippen molar-refractivity contribution >= 4 is 22.3 Å². The van der Waals surface area contributed by atoms with Crippen molar-refractivity contribution in [3.63, 3.8) is 0 Å². The van der Waals surface area contributed by atoms with Crippen molar-refractivity contribution in [2.24, 2.45) is 22.7 Å². The zero-order chi connectivity index (χ0) is 24.8. The first kappa shape index (κ1) is 21.9. The highest BCUT2D eigenvalue weighted by Crippen LogP contribution is 2.81. The average molecular weight is 489 g/mol. The maximum Gasteiger partial charge on any atom is 0.153 e. The van der Waals surface area contributed by atoms with E-state index in [1.807, 2.05) is 14.1 Å². The minimum Gasteiger partial charge on any atom is -0.390 e. The Bertz CT molecular complexity index is 1380. The van der Waals surface area contributed by atoms with Crippen LogP contribution in [0.2, 0.25) is 0 Å². The van der Waals surface area contributed by atoms with Gasteiger partial charge in [0.15, 0.2) is 5.82 Å². The Kier molecular flexibility index (Phi) is 3.91. The number of nitrogens with one attached hydrogen (secondary N) is 1. The van der Waals surface area contributed by atoms with Crippen LogP contribution in [0, 0.1) is 22.7 Å². The first-order valence-corrected chi connectivity index (χ1v) is 13.5. The third-order valence-electron chi connectivity index (χ3n) is 11.6. The molecule has 0 radical (unpaired) electrons. The van der Waals surface area contributed by atoms with Gasteiger partial charge in [0.05, 0.1) is 28.9 Å². The topological polar surface area (TPSA) is 108 Å². The van der Waals surface area contributed by atoms with Crippen LogP contribution in [0.5, 0.6) is 0 Å². The number of benzene rings is 1. The van der Waals surface area contributed by atoms with E-state index in [-0.39, 0.29) is 28.1 Å². The van der Waals surface area contributed by atoms with E-state index in [2.05, 4.69) is 52.4 Å². The van der Waals surface area contributed by atoms with Crippen LogP contribution in [0.3, 0.4) is 0 Å². The molecule has 36 heavy (non-hydrogen) atoms. The van der Waals surface area contributed by atoms with E-state index >= 15 is 0 Å². The molecule has 5 N–H and O–H groups in total. The number of nitrogens with zero attached hydrogens (tertiary/aromatic N) is 2. The number of hydrogen-bond acceptors (Lipinski definition) is 6. The number of H-pyrrole nitrogens is 1. The van der Waals surface area contributed by atoms with Gasteiger partial charge in [0.1, 0.15) is 0 Å². The van der Waals surface area contributed by atoms with Gasteiger partial charge < -0.3 is 25.6 Å². The number of fused-ring (bicyclic) bond motifs is 3. The molecule has 190 valence electrons. The Morgan fingerprint density at radius 3 is 2.81 bits per heavy atom. The minimum absolute atomic E-state index is 0.0170. The zero-order valence-corrected chi connectivity index (χ0v) is 21.3. The van der Waals surface area contributed by atoms with Crippen LogP contribution in [0.4, 0.5) is 5.82 Å². The minimum atomic E-state index is -0.736. The molecule has 3 spiro atoms. The number of aliphatic hydroxyl groups excluding tert-OH is 2. The molecule has 2 saturated carbocycles. The smallest absolute Gasteiger partial charge is 0.153 e. The van der Waals surface area contributed by atoms with Gasteiger partial charge in [0, 0.05) is 28.2 Å². The molecule has 4 fully saturated rings. The summed E-state index contributed by atoms with van der Waals surface area (Å²) in [4.78, 5) is 2.07.